The van der Waals surface area contributed by atoms with Crippen molar-refractivity contribution in [3.8, 4) is 0 Å². The molecule has 1 fully saturated rings. The molecule has 9 nitrogen and oxygen atoms in total. The Kier molecular flexibility index (Phi) is 5.39. The van der Waals surface area contributed by atoms with E-state index in [1.165, 1.54) is 17.2 Å². The van der Waals surface area contributed by atoms with Gasteiger partial charge >= 0.3 is 12.2 Å². The van der Waals surface area contributed by atoms with Crippen LogP contribution in [-0.4, -0.2) is 65.0 Å². The average molecular weight is 436 g/mol. The number of amides is 3. The van der Waals surface area contributed by atoms with Crippen LogP contribution in [0.15, 0.2) is 36.5 Å². The largest absolute Gasteiger partial charge is 0.410 e. The van der Waals surface area contributed by atoms with E-state index in [-0.39, 0.29) is 17.6 Å². The molecule has 2 aromatic rings. The number of anilines is 3. The fourth-order valence-electron chi connectivity index (χ4n) is 3.67. The van der Waals surface area contributed by atoms with Gasteiger partial charge in [-0.25, -0.2) is 14.8 Å². The Balaban J connectivity index is 1.63. The van der Waals surface area contributed by atoms with Crippen molar-refractivity contribution in [3.63, 3.8) is 0 Å². The van der Waals surface area contributed by atoms with E-state index in [4.69, 9.17) is 5.11 Å². The zero-order valence-electron chi connectivity index (χ0n) is 16.1. The lowest BCUT2D eigenvalue weighted by atomic mass is 10.1. The third-order valence-electron chi connectivity index (χ3n) is 5.19. The summed E-state index contributed by atoms with van der Waals surface area (Å²) in [5.41, 5.74) is 0.315. The van der Waals surface area contributed by atoms with Gasteiger partial charge in [0.1, 0.15) is 17.6 Å². The van der Waals surface area contributed by atoms with Gasteiger partial charge in [0.25, 0.3) is 5.91 Å². The number of hydrogen-bond donors (Lipinski definition) is 3. The molecule has 3 amide bonds. The molecule has 2 aliphatic heterocycles. The molecular formula is C19H19F3N6O3. The summed E-state index contributed by atoms with van der Waals surface area (Å²) in [6.07, 6.45) is -2.61. The predicted octanol–water partition coefficient (Wildman–Crippen LogP) is 1.76. The number of halogens is 3. The molecular weight excluding hydrogens is 417 g/mol. The average Bonchev–Trinajstić information content (AvgIpc) is 3.15. The molecule has 1 saturated heterocycles. The first kappa shape index (κ1) is 20.8. The molecule has 0 saturated carbocycles. The minimum absolute atomic E-state index is 0.183. The first-order valence-electron chi connectivity index (χ1n) is 9.53. The summed E-state index contributed by atoms with van der Waals surface area (Å²) in [5, 5.41) is 13.4. The van der Waals surface area contributed by atoms with E-state index in [0.717, 1.165) is 0 Å². The number of carbonyl (C=O) groups is 2. The van der Waals surface area contributed by atoms with Gasteiger partial charge in [-0.05, 0) is 30.7 Å². The molecule has 0 aromatic carbocycles. The zero-order chi connectivity index (χ0) is 22.2. The van der Waals surface area contributed by atoms with Crippen molar-refractivity contribution in [2.75, 3.05) is 34.8 Å². The van der Waals surface area contributed by atoms with Gasteiger partial charge in [0.2, 0.25) is 0 Å². The van der Waals surface area contributed by atoms with E-state index in [2.05, 4.69) is 15.3 Å². The Labute approximate surface area is 174 Å². The van der Waals surface area contributed by atoms with Crippen LogP contribution in [0.1, 0.15) is 16.9 Å². The fraction of sp³-hybridized carbons (Fsp3) is 0.368. The van der Waals surface area contributed by atoms with Crippen molar-refractivity contribution in [1.82, 2.24) is 15.3 Å². The van der Waals surface area contributed by atoms with Gasteiger partial charge in [-0.3, -0.25) is 15.0 Å². The highest BCUT2D eigenvalue weighted by Gasteiger charge is 2.42. The molecule has 2 unspecified atom stereocenters. The minimum atomic E-state index is -4.81. The molecule has 3 N–H and O–H groups in total. The number of nitrogens with one attached hydrogen (secondary N) is 2. The molecule has 4 heterocycles. The molecule has 31 heavy (non-hydrogen) atoms. The number of aliphatic hydroxyl groups excluding tert-OH is 1. The van der Waals surface area contributed by atoms with Gasteiger partial charge in [0.05, 0.1) is 18.3 Å². The highest BCUT2D eigenvalue weighted by molar-refractivity contribution is 6.05. The molecule has 0 spiro atoms. The van der Waals surface area contributed by atoms with Crippen molar-refractivity contribution in [2.24, 2.45) is 0 Å². The number of nitrogens with zero attached hydrogens (tertiary/aromatic N) is 4. The maximum absolute atomic E-state index is 13.0. The van der Waals surface area contributed by atoms with Gasteiger partial charge in [-0.15, -0.1) is 0 Å². The number of alkyl halides is 3. The molecule has 164 valence electrons. The first-order valence-corrected chi connectivity index (χ1v) is 9.53. The van der Waals surface area contributed by atoms with E-state index in [1.807, 2.05) is 4.90 Å². The topological polar surface area (TPSA) is 111 Å². The Hall–Kier alpha value is -3.41. The lowest BCUT2D eigenvalue weighted by Crippen LogP contribution is -2.49. The Morgan fingerprint density at radius 2 is 2.06 bits per heavy atom. The second-order valence-electron chi connectivity index (χ2n) is 7.19. The molecule has 2 atom stereocenters. The summed E-state index contributed by atoms with van der Waals surface area (Å²) >= 11 is 0. The molecule has 4 rings (SSSR count). The molecule has 2 aromatic heterocycles. The van der Waals surface area contributed by atoms with E-state index in [0.29, 0.717) is 31.0 Å². The summed E-state index contributed by atoms with van der Waals surface area (Å²) in [4.78, 5) is 37.0. The quantitative estimate of drug-likeness (QED) is 0.674. The van der Waals surface area contributed by atoms with Crippen molar-refractivity contribution in [1.29, 1.82) is 0 Å². The number of urea groups is 1. The molecule has 0 aliphatic carbocycles. The molecule has 2 aliphatic rings. The minimum Gasteiger partial charge on any atom is -0.394 e. The molecule has 12 heteroatoms. The van der Waals surface area contributed by atoms with Crippen LogP contribution in [0.5, 0.6) is 0 Å². The number of aliphatic hydroxyl groups is 1. The van der Waals surface area contributed by atoms with Crippen LogP contribution < -0.4 is 20.4 Å². The number of fused-ring (bicyclic) bond motifs is 4. The normalized spacial score (nSPS) is 18.4. The van der Waals surface area contributed by atoms with Gasteiger partial charge < -0.3 is 15.3 Å². The van der Waals surface area contributed by atoms with Crippen LogP contribution in [0, 0.1) is 0 Å². The summed E-state index contributed by atoms with van der Waals surface area (Å²) in [6, 6.07) is 4.77. The first-order chi connectivity index (χ1) is 14.8. The van der Waals surface area contributed by atoms with E-state index in [9.17, 15) is 22.8 Å². The highest BCUT2D eigenvalue weighted by Crippen LogP contribution is 2.39. The summed E-state index contributed by atoms with van der Waals surface area (Å²) < 4.78 is 38.7. The monoisotopic (exact) mass is 436 g/mol. The Morgan fingerprint density at radius 3 is 2.74 bits per heavy atom. The van der Waals surface area contributed by atoms with Crippen molar-refractivity contribution >= 4 is 29.3 Å². The predicted molar refractivity (Wildman–Crippen MR) is 105 cm³/mol. The standard InChI is InChI=1S/C19H19F3N6O3/c20-19(21,22)14(10-29)25-17(30)12-4-5-13-16(24-12)28(11-6-8-27(13)9-11)18(31)26-15-3-1-2-7-23-15/h1-5,7,11,14,29H,6,8-10H2,(H,25,30)(H,23,26,31). The van der Waals surface area contributed by atoms with Crippen molar-refractivity contribution in [3.05, 3.63) is 42.2 Å². The highest BCUT2D eigenvalue weighted by atomic mass is 19.4. The van der Waals surface area contributed by atoms with Crippen molar-refractivity contribution in [2.45, 2.75) is 24.7 Å². The number of carbonyl (C=O) groups excluding carboxylic acids is 2. The SMILES string of the molecule is O=C(NC(CO)C(F)(F)F)c1ccc2c(n1)N(C(=O)Nc1ccccn1)C1CCN2C1. The van der Waals surface area contributed by atoms with Crippen LogP contribution in [0.4, 0.5) is 35.3 Å². The van der Waals surface area contributed by atoms with E-state index in [1.54, 1.807) is 29.6 Å². The summed E-state index contributed by atoms with van der Waals surface area (Å²) in [5.74, 6) is -0.584. The van der Waals surface area contributed by atoms with Crippen LogP contribution in [0.25, 0.3) is 0 Å². The fourth-order valence-corrected chi connectivity index (χ4v) is 3.67. The number of hydrogen-bond acceptors (Lipinski definition) is 6. The number of aromatic nitrogens is 2. The number of rotatable bonds is 4. The van der Waals surface area contributed by atoms with Gasteiger partial charge in [0, 0.05) is 19.3 Å². The van der Waals surface area contributed by atoms with Crippen LogP contribution >= 0.6 is 0 Å². The van der Waals surface area contributed by atoms with E-state index >= 15 is 0 Å². The Bertz CT molecular complexity index is 988. The molecule has 2 bridgehead atoms. The second kappa shape index (κ2) is 8.02. The maximum Gasteiger partial charge on any atom is 0.410 e. The summed E-state index contributed by atoms with van der Waals surface area (Å²) in [7, 11) is 0. The third-order valence-corrected chi connectivity index (χ3v) is 5.19. The number of pyridine rings is 2. The van der Waals surface area contributed by atoms with Gasteiger partial charge in [0.15, 0.2) is 5.82 Å². The van der Waals surface area contributed by atoms with Crippen molar-refractivity contribution < 1.29 is 27.9 Å². The van der Waals surface area contributed by atoms with Crippen LogP contribution in [-0.2, 0) is 0 Å². The maximum atomic E-state index is 13.0. The smallest absolute Gasteiger partial charge is 0.394 e. The van der Waals surface area contributed by atoms with Gasteiger partial charge in [-0.1, -0.05) is 6.07 Å². The van der Waals surface area contributed by atoms with Gasteiger partial charge in [-0.2, -0.15) is 13.2 Å². The second-order valence-corrected chi connectivity index (χ2v) is 7.19. The molecule has 0 radical (unpaired) electrons. The lowest BCUT2D eigenvalue weighted by molar-refractivity contribution is -0.161. The van der Waals surface area contributed by atoms with Crippen LogP contribution in [0.3, 0.4) is 0 Å². The lowest BCUT2D eigenvalue weighted by Gasteiger charge is -2.35. The Morgan fingerprint density at radius 1 is 1.26 bits per heavy atom. The third kappa shape index (κ3) is 4.10. The van der Waals surface area contributed by atoms with Crippen LogP contribution in [0.2, 0.25) is 0 Å². The van der Waals surface area contributed by atoms with E-state index < -0.39 is 30.8 Å². The zero-order valence-corrected chi connectivity index (χ0v) is 16.1. The summed E-state index contributed by atoms with van der Waals surface area (Å²) in [6.45, 7) is -0.0376.